The Morgan fingerprint density at radius 1 is 1.42 bits per heavy atom. The number of likely N-dealkylation sites (N-methyl/N-ethyl adjacent to an activating group) is 1. The summed E-state index contributed by atoms with van der Waals surface area (Å²) in [7, 11) is 0. The van der Waals surface area contributed by atoms with Crippen molar-refractivity contribution in [3.8, 4) is 5.75 Å². The van der Waals surface area contributed by atoms with Crippen molar-refractivity contribution in [3.05, 3.63) is 23.8 Å². The van der Waals surface area contributed by atoms with E-state index in [1.165, 1.54) is 0 Å². The van der Waals surface area contributed by atoms with Gasteiger partial charge in [-0.1, -0.05) is 0 Å². The van der Waals surface area contributed by atoms with Gasteiger partial charge in [-0.05, 0) is 43.5 Å². The van der Waals surface area contributed by atoms with Crippen LogP contribution in [0.3, 0.4) is 0 Å². The van der Waals surface area contributed by atoms with Crippen LogP contribution in [0.15, 0.2) is 18.2 Å². The summed E-state index contributed by atoms with van der Waals surface area (Å²) < 4.78 is 11.0. The second kappa shape index (κ2) is 7.66. The van der Waals surface area contributed by atoms with Crippen LogP contribution in [-0.2, 0) is 20.7 Å². The summed E-state index contributed by atoms with van der Waals surface area (Å²) in [6.07, 6.45) is 2.21. The monoisotopic (exact) mass is 332 g/mol. The zero-order valence-electron chi connectivity index (χ0n) is 14.0. The van der Waals surface area contributed by atoms with Gasteiger partial charge < -0.3 is 19.7 Å². The number of fused-ring (bicyclic) bond motifs is 1. The molecule has 2 amide bonds. The summed E-state index contributed by atoms with van der Waals surface area (Å²) in [5.41, 5.74) is 1.89. The fraction of sp³-hybridized carbons (Fsp3) is 0.556. The minimum atomic E-state index is -0.00424. The molecular weight excluding hydrogens is 308 g/mol. The van der Waals surface area contributed by atoms with Gasteiger partial charge in [0, 0.05) is 37.7 Å². The van der Waals surface area contributed by atoms with Crippen molar-refractivity contribution in [1.82, 2.24) is 4.90 Å². The Bertz CT molecular complexity index is 611. The van der Waals surface area contributed by atoms with Crippen molar-refractivity contribution in [1.29, 1.82) is 0 Å². The summed E-state index contributed by atoms with van der Waals surface area (Å²) in [5.74, 6) is 1.14. The number of amides is 2. The van der Waals surface area contributed by atoms with Crippen LogP contribution in [0.25, 0.3) is 0 Å². The summed E-state index contributed by atoms with van der Waals surface area (Å²) in [6, 6.07) is 5.53. The fourth-order valence-corrected chi connectivity index (χ4v) is 3.13. The van der Waals surface area contributed by atoms with Crippen LogP contribution in [0.4, 0.5) is 5.69 Å². The van der Waals surface area contributed by atoms with E-state index in [1.807, 2.05) is 24.0 Å². The number of hydrogen-bond acceptors (Lipinski definition) is 4. The third-order valence-corrected chi connectivity index (χ3v) is 4.57. The quantitative estimate of drug-likeness (QED) is 0.863. The number of carbonyl (C=O) groups is 2. The Morgan fingerprint density at radius 3 is 3.04 bits per heavy atom. The molecule has 0 aliphatic carbocycles. The van der Waals surface area contributed by atoms with Crippen LogP contribution < -0.4 is 10.1 Å². The van der Waals surface area contributed by atoms with Gasteiger partial charge in [-0.15, -0.1) is 0 Å². The van der Waals surface area contributed by atoms with Gasteiger partial charge in [0.15, 0.2) is 6.61 Å². The lowest BCUT2D eigenvalue weighted by Crippen LogP contribution is -2.38. The van der Waals surface area contributed by atoms with Crippen LogP contribution in [0.1, 0.15) is 25.3 Å². The molecule has 0 bridgehead atoms. The van der Waals surface area contributed by atoms with E-state index in [4.69, 9.17) is 9.47 Å². The predicted octanol–water partition coefficient (Wildman–Crippen LogP) is 1.84. The number of benzene rings is 1. The minimum Gasteiger partial charge on any atom is -0.484 e. The Morgan fingerprint density at radius 2 is 2.29 bits per heavy atom. The minimum absolute atomic E-state index is 0.00424. The molecule has 6 heteroatoms. The highest BCUT2D eigenvalue weighted by atomic mass is 16.5. The van der Waals surface area contributed by atoms with Crippen molar-refractivity contribution in [3.63, 3.8) is 0 Å². The highest BCUT2D eigenvalue weighted by molar-refractivity contribution is 5.94. The average Bonchev–Trinajstić information content (AvgIpc) is 3.10. The molecule has 0 aromatic heterocycles. The van der Waals surface area contributed by atoms with Crippen molar-refractivity contribution >= 4 is 17.5 Å². The molecule has 0 radical (unpaired) electrons. The first-order valence-electron chi connectivity index (χ1n) is 8.57. The molecule has 0 spiro atoms. The molecule has 130 valence electrons. The molecule has 3 rings (SSSR count). The van der Waals surface area contributed by atoms with Gasteiger partial charge in [-0.3, -0.25) is 9.59 Å². The lowest BCUT2D eigenvalue weighted by Gasteiger charge is -2.24. The SMILES string of the molecule is CCN(CC1CCOC1)C(=O)COc1ccc2c(c1)CCC(=O)N2. The fourth-order valence-electron chi connectivity index (χ4n) is 3.13. The standard InChI is InChI=1S/C18H24N2O4/c1-2-20(10-13-7-8-23-11-13)18(22)12-24-15-4-5-16-14(9-15)3-6-17(21)19-16/h4-5,9,13H,2-3,6-8,10-12H2,1H3,(H,19,21). The summed E-state index contributed by atoms with van der Waals surface area (Å²) in [6.45, 7) is 4.95. The second-order valence-corrected chi connectivity index (χ2v) is 6.32. The normalized spacial score (nSPS) is 19.5. The average molecular weight is 332 g/mol. The maximum absolute atomic E-state index is 12.4. The molecule has 1 unspecified atom stereocenters. The Kier molecular flexibility index (Phi) is 5.35. The number of carbonyl (C=O) groups excluding carboxylic acids is 2. The van der Waals surface area contributed by atoms with Crippen LogP contribution in [0.2, 0.25) is 0 Å². The highest BCUT2D eigenvalue weighted by Gasteiger charge is 2.22. The van der Waals surface area contributed by atoms with Gasteiger partial charge in [-0.2, -0.15) is 0 Å². The van der Waals surface area contributed by atoms with E-state index in [9.17, 15) is 9.59 Å². The largest absolute Gasteiger partial charge is 0.484 e. The summed E-state index contributed by atoms with van der Waals surface area (Å²) in [4.78, 5) is 25.6. The molecular formula is C18H24N2O4. The van der Waals surface area contributed by atoms with Crippen LogP contribution in [0, 0.1) is 5.92 Å². The smallest absolute Gasteiger partial charge is 0.260 e. The molecule has 1 aromatic rings. The Balaban J connectivity index is 1.54. The first kappa shape index (κ1) is 16.8. The molecule has 24 heavy (non-hydrogen) atoms. The van der Waals surface area contributed by atoms with E-state index in [2.05, 4.69) is 5.32 Å². The maximum Gasteiger partial charge on any atom is 0.260 e. The molecule has 2 heterocycles. The molecule has 1 fully saturated rings. The van der Waals surface area contributed by atoms with Crippen LogP contribution >= 0.6 is 0 Å². The van der Waals surface area contributed by atoms with E-state index in [-0.39, 0.29) is 18.4 Å². The van der Waals surface area contributed by atoms with E-state index >= 15 is 0 Å². The van der Waals surface area contributed by atoms with Gasteiger partial charge in [0.25, 0.3) is 5.91 Å². The van der Waals surface area contributed by atoms with Crippen LogP contribution in [0.5, 0.6) is 5.75 Å². The van der Waals surface area contributed by atoms with Gasteiger partial charge in [0.2, 0.25) is 5.91 Å². The number of hydrogen-bond donors (Lipinski definition) is 1. The predicted molar refractivity (Wildman–Crippen MR) is 90.1 cm³/mol. The number of rotatable bonds is 6. The molecule has 1 atom stereocenters. The second-order valence-electron chi connectivity index (χ2n) is 6.32. The van der Waals surface area contributed by atoms with Crippen molar-refractivity contribution < 1.29 is 19.1 Å². The molecule has 1 N–H and O–H groups in total. The molecule has 1 aromatic carbocycles. The molecule has 1 saturated heterocycles. The van der Waals surface area contributed by atoms with Gasteiger partial charge in [-0.25, -0.2) is 0 Å². The van der Waals surface area contributed by atoms with Gasteiger partial charge >= 0.3 is 0 Å². The van der Waals surface area contributed by atoms with Crippen molar-refractivity contribution in [2.45, 2.75) is 26.2 Å². The summed E-state index contributed by atoms with van der Waals surface area (Å²) >= 11 is 0. The zero-order valence-corrected chi connectivity index (χ0v) is 14.0. The van der Waals surface area contributed by atoms with Crippen LogP contribution in [-0.4, -0.2) is 49.6 Å². The van der Waals surface area contributed by atoms with Gasteiger partial charge in [0.05, 0.1) is 6.61 Å². The van der Waals surface area contributed by atoms with E-state index in [0.717, 1.165) is 37.4 Å². The highest BCUT2D eigenvalue weighted by Crippen LogP contribution is 2.26. The molecule has 0 saturated carbocycles. The number of nitrogens with one attached hydrogen (secondary N) is 1. The van der Waals surface area contributed by atoms with E-state index < -0.39 is 0 Å². The number of anilines is 1. The first-order chi connectivity index (χ1) is 11.7. The van der Waals surface area contributed by atoms with E-state index in [0.29, 0.717) is 31.1 Å². The first-order valence-corrected chi connectivity index (χ1v) is 8.57. The third-order valence-electron chi connectivity index (χ3n) is 4.57. The number of nitrogens with zero attached hydrogens (tertiary/aromatic N) is 1. The molecule has 2 aliphatic rings. The van der Waals surface area contributed by atoms with Crippen molar-refractivity contribution in [2.24, 2.45) is 5.92 Å². The molecule has 2 aliphatic heterocycles. The van der Waals surface area contributed by atoms with E-state index in [1.54, 1.807) is 6.07 Å². The Hall–Kier alpha value is -2.08. The lowest BCUT2D eigenvalue weighted by molar-refractivity contribution is -0.133. The zero-order chi connectivity index (χ0) is 16.9. The number of ether oxygens (including phenoxy) is 2. The topological polar surface area (TPSA) is 67.9 Å². The number of aryl methyl sites for hydroxylation is 1. The Labute approximate surface area is 142 Å². The lowest BCUT2D eigenvalue weighted by atomic mass is 10.0. The summed E-state index contributed by atoms with van der Waals surface area (Å²) in [5, 5.41) is 2.84. The van der Waals surface area contributed by atoms with Gasteiger partial charge in [0.1, 0.15) is 5.75 Å². The third kappa shape index (κ3) is 4.06. The molecule has 6 nitrogen and oxygen atoms in total. The van der Waals surface area contributed by atoms with Crippen molar-refractivity contribution in [2.75, 3.05) is 38.2 Å². The maximum atomic E-state index is 12.4.